The topological polar surface area (TPSA) is 78.9 Å². The molecule has 0 radical (unpaired) electrons. The number of carbonyl (C=O) groups excluding carboxylic acids is 3. The van der Waals surface area contributed by atoms with Gasteiger partial charge >= 0.3 is 17.9 Å². The maximum absolute atomic E-state index is 12.8. The summed E-state index contributed by atoms with van der Waals surface area (Å²) in [5.74, 6) is -0.869. The maximum Gasteiger partial charge on any atom is 0.306 e. The van der Waals surface area contributed by atoms with Crippen molar-refractivity contribution in [2.75, 3.05) is 13.2 Å². The van der Waals surface area contributed by atoms with Gasteiger partial charge < -0.3 is 14.2 Å². The van der Waals surface area contributed by atoms with Crippen molar-refractivity contribution in [1.82, 2.24) is 0 Å². The number of hydrogen-bond donors (Lipinski definition) is 0. The van der Waals surface area contributed by atoms with Crippen LogP contribution in [0.4, 0.5) is 0 Å². The summed E-state index contributed by atoms with van der Waals surface area (Å²) < 4.78 is 16.8. The van der Waals surface area contributed by atoms with Crippen molar-refractivity contribution in [2.24, 2.45) is 0 Å². The third kappa shape index (κ3) is 48.8. The van der Waals surface area contributed by atoms with Crippen molar-refractivity contribution in [3.63, 3.8) is 0 Å². The van der Waals surface area contributed by atoms with Gasteiger partial charge in [0.15, 0.2) is 6.10 Å². The molecule has 1 unspecified atom stereocenters. The van der Waals surface area contributed by atoms with Crippen molar-refractivity contribution < 1.29 is 28.6 Å². The van der Waals surface area contributed by atoms with Gasteiger partial charge in [-0.3, -0.25) is 14.4 Å². The molecule has 0 bridgehead atoms. The first-order chi connectivity index (χ1) is 30.0. The van der Waals surface area contributed by atoms with E-state index in [0.29, 0.717) is 19.3 Å². The van der Waals surface area contributed by atoms with Crippen molar-refractivity contribution in [1.29, 1.82) is 0 Å². The van der Waals surface area contributed by atoms with Crippen LogP contribution in [-0.4, -0.2) is 37.2 Å². The zero-order valence-electron chi connectivity index (χ0n) is 40.9. The van der Waals surface area contributed by atoms with Crippen LogP contribution >= 0.6 is 0 Å². The Kier molecular flexibility index (Phi) is 48.8. The third-order valence-electron chi connectivity index (χ3n) is 12.0. The molecule has 6 heteroatoms. The number of hydrogen-bond acceptors (Lipinski definition) is 6. The van der Waals surface area contributed by atoms with Gasteiger partial charge in [0.05, 0.1) is 0 Å². The Balaban J connectivity index is 4.35. The number of unbranched alkanes of at least 4 members (excludes halogenated alkanes) is 34. The van der Waals surface area contributed by atoms with Crippen LogP contribution < -0.4 is 0 Å². The van der Waals surface area contributed by atoms with E-state index in [0.717, 1.165) is 77.0 Å². The van der Waals surface area contributed by atoms with Crippen LogP contribution in [0.5, 0.6) is 0 Å². The molecule has 0 fully saturated rings. The first-order valence-electron chi connectivity index (χ1n) is 26.8. The van der Waals surface area contributed by atoms with Crippen LogP contribution in [-0.2, 0) is 28.6 Å². The Morgan fingerprint density at radius 2 is 0.590 bits per heavy atom. The van der Waals surface area contributed by atoms with Gasteiger partial charge in [0.1, 0.15) is 13.2 Å². The number of esters is 3. The molecule has 1 atom stereocenters. The molecule has 0 heterocycles. The Morgan fingerprint density at radius 3 is 0.934 bits per heavy atom. The second-order valence-corrected chi connectivity index (χ2v) is 18.2. The van der Waals surface area contributed by atoms with Crippen molar-refractivity contribution in [3.05, 3.63) is 24.3 Å². The lowest BCUT2D eigenvalue weighted by atomic mass is 10.0. The lowest BCUT2D eigenvalue weighted by Gasteiger charge is -2.18. The highest BCUT2D eigenvalue weighted by molar-refractivity contribution is 5.71. The molecule has 358 valence electrons. The SMILES string of the molecule is CCCCCC=CCC=CCCCCCCCC(=O)OC(COC(=O)CCCCCCCCCCCCCCC)COC(=O)CCCCCCCCCCCCCCCCC. The van der Waals surface area contributed by atoms with E-state index in [2.05, 4.69) is 45.1 Å². The molecule has 0 spiro atoms. The van der Waals surface area contributed by atoms with Crippen LogP contribution in [0.15, 0.2) is 24.3 Å². The number of ether oxygens (including phenoxy) is 3. The average molecular weight is 859 g/mol. The van der Waals surface area contributed by atoms with Crippen molar-refractivity contribution in [3.8, 4) is 0 Å². The normalized spacial score (nSPS) is 12.1. The summed E-state index contributed by atoms with van der Waals surface area (Å²) >= 11 is 0. The molecule has 0 N–H and O–H groups in total. The van der Waals surface area contributed by atoms with Crippen LogP contribution in [0.2, 0.25) is 0 Å². The Labute approximate surface area is 379 Å². The van der Waals surface area contributed by atoms with E-state index in [-0.39, 0.29) is 31.1 Å². The van der Waals surface area contributed by atoms with Gasteiger partial charge in [0, 0.05) is 19.3 Å². The molecular weight excluding hydrogens is 757 g/mol. The van der Waals surface area contributed by atoms with Crippen molar-refractivity contribution in [2.45, 2.75) is 297 Å². The minimum absolute atomic E-state index is 0.0719. The molecule has 0 aromatic rings. The molecule has 0 aliphatic heterocycles. The second kappa shape index (κ2) is 50.5. The molecule has 0 aliphatic rings. The molecule has 0 amide bonds. The van der Waals surface area contributed by atoms with Crippen LogP contribution in [0.25, 0.3) is 0 Å². The highest BCUT2D eigenvalue weighted by Crippen LogP contribution is 2.16. The molecule has 61 heavy (non-hydrogen) atoms. The summed E-state index contributed by atoms with van der Waals surface area (Å²) in [7, 11) is 0. The van der Waals surface area contributed by atoms with E-state index in [9.17, 15) is 14.4 Å². The second-order valence-electron chi connectivity index (χ2n) is 18.2. The third-order valence-corrected chi connectivity index (χ3v) is 12.0. The first kappa shape index (κ1) is 58.9. The van der Waals surface area contributed by atoms with Gasteiger partial charge in [-0.2, -0.15) is 0 Å². The molecule has 0 aromatic carbocycles. The predicted molar refractivity (Wildman–Crippen MR) is 261 cm³/mol. The number of carbonyl (C=O) groups is 3. The lowest BCUT2D eigenvalue weighted by molar-refractivity contribution is -0.167. The Hall–Kier alpha value is -2.11. The summed E-state index contributed by atoms with van der Waals surface area (Å²) in [5.41, 5.74) is 0. The summed E-state index contributed by atoms with van der Waals surface area (Å²) in [6, 6.07) is 0. The Morgan fingerprint density at radius 1 is 0.328 bits per heavy atom. The number of rotatable bonds is 49. The van der Waals surface area contributed by atoms with E-state index in [1.807, 2.05) is 0 Å². The summed E-state index contributed by atoms with van der Waals surface area (Å²) in [6.07, 6.45) is 57.3. The molecule has 0 rings (SSSR count). The fourth-order valence-corrected chi connectivity index (χ4v) is 7.89. The van der Waals surface area contributed by atoms with Gasteiger partial charge in [-0.15, -0.1) is 0 Å². The summed E-state index contributed by atoms with van der Waals surface area (Å²) in [5, 5.41) is 0. The molecule has 0 aromatic heterocycles. The largest absolute Gasteiger partial charge is 0.462 e. The fourth-order valence-electron chi connectivity index (χ4n) is 7.89. The molecule has 0 saturated heterocycles. The van der Waals surface area contributed by atoms with Gasteiger partial charge in [-0.05, 0) is 51.4 Å². The quantitative estimate of drug-likeness (QED) is 0.0262. The van der Waals surface area contributed by atoms with Crippen molar-refractivity contribution >= 4 is 17.9 Å². The minimum atomic E-state index is -0.772. The highest BCUT2D eigenvalue weighted by atomic mass is 16.6. The fraction of sp³-hybridized carbons (Fsp3) is 0.873. The highest BCUT2D eigenvalue weighted by Gasteiger charge is 2.19. The monoisotopic (exact) mass is 859 g/mol. The van der Waals surface area contributed by atoms with Crippen LogP contribution in [0, 0.1) is 0 Å². The van der Waals surface area contributed by atoms with E-state index >= 15 is 0 Å². The van der Waals surface area contributed by atoms with Gasteiger partial charge in [0.2, 0.25) is 0 Å². The maximum atomic E-state index is 12.8. The average Bonchev–Trinajstić information content (AvgIpc) is 3.26. The zero-order chi connectivity index (χ0) is 44.4. The number of allylic oxidation sites excluding steroid dienone is 4. The molecule has 0 aliphatic carbocycles. The molecular formula is C55H102O6. The lowest BCUT2D eigenvalue weighted by Crippen LogP contribution is -2.30. The van der Waals surface area contributed by atoms with Gasteiger partial charge in [0.25, 0.3) is 0 Å². The Bertz CT molecular complexity index is 989. The van der Waals surface area contributed by atoms with E-state index < -0.39 is 6.10 Å². The van der Waals surface area contributed by atoms with Gasteiger partial charge in [-0.25, -0.2) is 0 Å². The van der Waals surface area contributed by atoms with Crippen LogP contribution in [0.3, 0.4) is 0 Å². The summed E-state index contributed by atoms with van der Waals surface area (Å²) in [4.78, 5) is 38.0. The zero-order valence-corrected chi connectivity index (χ0v) is 40.9. The minimum Gasteiger partial charge on any atom is -0.462 e. The molecule has 6 nitrogen and oxygen atoms in total. The summed E-state index contributed by atoms with van der Waals surface area (Å²) in [6.45, 7) is 6.63. The predicted octanol–water partition coefficient (Wildman–Crippen LogP) is 17.5. The van der Waals surface area contributed by atoms with Gasteiger partial charge in [-0.1, -0.05) is 244 Å². The molecule has 0 saturated carbocycles. The standard InChI is InChI=1S/C55H102O6/c1-4-7-10-13-16-19-22-25-27-30-33-36-39-42-45-48-54(57)60-51-52(50-59-53(56)47-44-41-38-35-32-29-24-21-18-15-12-9-6-3)61-55(58)49-46-43-40-37-34-31-28-26-23-20-17-14-11-8-5-2/h17,20,26,28,52H,4-16,18-19,21-25,27,29-51H2,1-3H3. The van der Waals surface area contributed by atoms with Crippen LogP contribution in [0.1, 0.15) is 290 Å². The van der Waals surface area contributed by atoms with E-state index in [4.69, 9.17) is 14.2 Å². The van der Waals surface area contributed by atoms with E-state index in [1.54, 1.807) is 0 Å². The smallest absolute Gasteiger partial charge is 0.306 e. The first-order valence-corrected chi connectivity index (χ1v) is 26.8. The van der Waals surface area contributed by atoms with E-state index in [1.165, 1.54) is 173 Å².